The Morgan fingerprint density at radius 1 is 1.50 bits per heavy atom. The van der Waals surface area contributed by atoms with Crippen molar-refractivity contribution >= 4 is 11.6 Å². The van der Waals surface area contributed by atoms with Crippen LogP contribution in [0.5, 0.6) is 0 Å². The number of aliphatic hydroxyl groups is 1. The van der Waals surface area contributed by atoms with Gasteiger partial charge in [-0.25, -0.2) is 0 Å². The number of nitrogens with one attached hydrogen (secondary N) is 1. The van der Waals surface area contributed by atoms with Crippen LogP contribution in [-0.4, -0.2) is 17.6 Å². The van der Waals surface area contributed by atoms with Crippen LogP contribution in [0.2, 0.25) is 0 Å². The summed E-state index contributed by atoms with van der Waals surface area (Å²) in [5.74, 6) is -0.0512. The molecule has 76 valence electrons. The molecule has 0 fully saturated rings. The predicted octanol–water partition coefficient (Wildman–Crippen LogP) is 1.71. The molecular weight excluding hydrogens is 178 g/mol. The van der Waals surface area contributed by atoms with E-state index in [-0.39, 0.29) is 12.5 Å². The van der Waals surface area contributed by atoms with Crippen LogP contribution < -0.4 is 5.32 Å². The van der Waals surface area contributed by atoms with E-state index >= 15 is 0 Å². The lowest BCUT2D eigenvalue weighted by molar-refractivity contribution is -0.116. The Hall–Kier alpha value is -1.35. The summed E-state index contributed by atoms with van der Waals surface area (Å²) in [6, 6.07) is 7.64. The molecule has 0 aromatic heterocycles. The number of benzene rings is 1. The summed E-state index contributed by atoms with van der Waals surface area (Å²) in [5, 5.41) is 11.3. The zero-order valence-electron chi connectivity index (χ0n) is 8.29. The van der Waals surface area contributed by atoms with Crippen LogP contribution in [-0.2, 0) is 4.79 Å². The van der Waals surface area contributed by atoms with E-state index in [1.807, 2.05) is 31.2 Å². The first kappa shape index (κ1) is 10.7. The van der Waals surface area contributed by atoms with Crippen LogP contribution in [0.3, 0.4) is 0 Å². The Balaban J connectivity index is 2.47. The van der Waals surface area contributed by atoms with Gasteiger partial charge < -0.3 is 10.4 Å². The van der Waals surface area contributed by atoms with Gasteiger partial charge >= 0.3 is 0 Å². The van der Waals surface area contributed by atoms with Crippen LogP contribution in [0.25, 0.3) is 0 Å². The third-order valence-electron chi connectivity index (χ3n) is 1.86. The summed E-state index contributed by atoms with van der Waals surface area (Å²) in [5.41, 5.74) is 1.93. The molecule has 0 heterocycles. The molecule has 1 amide bonds. The van der Waals surface area contributed by atoms with Gasteiger partial charge in [-0.05, 0) is 31.0 Å². The van der Waals surface area contributed by atoms with Crippen LogP contribution in [0.15, 0.2) is 24.3 Å². The molecule has 0 radical (unpaired) electrons. The second-order valence-corrected chi connectivity index (χ2v) is 3.24. The fraction of sp³-hybridized carbons (Fsp3) is 0.364. The van der Waals surface area contributed by atoms with Gasteiger partial charge in [-0.2, -0.15) is 0 Å². The predicted molar refractivity (Wildman–Crippen MR) is 56.1 cm³/mol. The van der Waals surface area contributed by atoms with E-state index in [9.17, 15) is 4.79 Å². The van der Waals surface area contributed by atoms with Gasteiger partial charge in [0.05, 0.1) is 0 Å². The summed E-state index contributed by atoms with van der Waals surface area (Å²) in [7, 11) is 0. The highest BCUT2D eigenvalue weighted by Crippen LogP contribution is 2.09. The number of aryl methyl sites for hydroxylation is 1. The zero-order valence-corrected chi connectivity index (χ0v) is 8.29. The van der Waals surface area contributed by atoms with Crippen molar-refractivity contribution in [3.05, 3.63) is 29.8 Å². The van der Waals surface area contributed by atoms with E-state index in [1.54, 1.807) is 0 Å². The molecule has 2 N–H and O–H groups in total. The van der Waals surface area contributed by atoms with Gasteiger partial charge in [-0.1, -0.05) is 12.1 Å². The summed E-state index contributed by atoms with van der Waals surface area (Å²) < 4.78 is 0. The van der Waals surface area contributed by atoms with E-state index < -0.39 is 0 Å². The zero-order chi connectivity index (χ0) is 10.4. The number of aliphatic hydroxyl groups excluding tert-OH is 1. The van der Waals surface area contributed by atoms with Gasteiger partial charge in [-0.15, -0.1) is 0 Å². The maximum Gasteiger partial charge on any atom is 0.224 e. The molecule has 1 aromatic rings. The average molecular weight is 193 g/mol. The van der Waals surface area contributed by atoms with Crippen molar-refractivity contribution in [2.75, 3.05) is 11.9 Å². The van der Waals surface area contributed by atoms with Crippen molar-refractivity contribution in [3.63, 3.8) is 0 Å². The van der Waals surface area contributed by atoms with Crippen LogP contribution >= 0.6 is 0 Å². The highest BCUT2D eigenvalue weighted by atomic mass is 16.3. The second-order valence-electron chi connectivity index (χ2n) is 3.24. The number of carbonyl (C=O) groups is 1. The number of rotatable bonds is 4. The molecule has 0 aliphatic carbocycles. The van der Waals surface area contributed by atoms with Crippen molar-refractivity contribution in [2.45, 2.75) is 19.8 Å². The molecule has 14 heavy (non-hydrogen) atoms. The van der Waals surface area contributed by atoms with Crippen molar-refractivity contribution in [2.24, 2.45) is 0 Å². The first-order valence-electron chi connectivity index (χ1n) is 4.70. The first-order chi connectivity index (χ1) is 6.72. The molecule has 0 saturated heterocycles. The standard InChI is InChI=1S/C11H15NO2/c1-9-4-2-5-10(8-9)12-11(14)6-3-7-13/h2,4-5,8,13H,3,6-7H2,1H3,(H,12,14). The van der Waals surface area contributed by atoms with Gasteiger partial charge in [0.15, 0.2) is 0 Å². The Kier molecular flexibility index (Phi) is 4.13. The quantitative estimate of drug-likeness (QED) is 0.764. The minimum atomic E-state index is -0.0512. The van der Waals surface area contributed by atoms with E-state index in [4.69, 9.17) is 5.11 Å². The van der Waals surface area contributed by atoms with E-state index in [0.717, 1.165) is 11.3 Å². The van der Waals surface area contributed by atoms with Gasteiger partial charge in [-0.3, -0.25) is 4.79 Å². The Morgan fingerprint density at radius 3 is 2.93 bits per heavy atom. The highest BCUT2D eigenvalue weighted by molar-refractivity contribution is 5.90. The largest absolute Gasteiger partial charge is 0.396 e. The van der Waals surface area contributed by atoms with Crippen LogP contribution in [0.1, 0.15) is 18.4 Å². The molecule has 0 atom stereocenters. The minimum absolute atomic E-state index is 0.0512. The molecule has 1 rings (SSSR count). The maximum absolute atomic E-state index is 11.3. The van der Waals surface area contributed by atoms with Gasteiger partial charge in [0.2, 0.25) is 5.91 Å². The Morgan fingerprint density at radius 2 is 2.29 bits per heavy atom. The lowest BCUT2D eigenvalue weighted by atomic mass is 10.2. The van der Waals surface area contributed by atoms with Crippen LogP contribution in [0.4, 0.5) is 5.69 Å². The number of anilines is 1. The molecule has 0 aliphatic rings. The lowest BCUT2D eigenvalue weighted by Crippen LogP contribution is -2.11. The number of hydrogen-bond donors (Lipinski definition) is 2. The first-order valence-corrected chi connectivity index (χ1v) is 4.70. The molecule has 0 unspecified atom stereocenters. The second kappa shape index (κ2) is 5.40. The molecule has 3 nitrogen and oxygen atoms in total. The van der Waals surface area contributed by atoms with Gasteiger partial charge in [0.25, 0.3) is 0 Å². The molecule has 0 spiro atoms. The lowest BCUT2D eigenvalue weighted by Gasteiger charge is -2.04. The van der Waals surface area contributed by atoms with Crippen molar-refractivity contribution in [1.29, 1.82) is 0 Å². The molecule has 0 bridgehead atoms. The molecule has 0 saturated carbocycles. The Labute approximate surface area is 83.8 Å². The van der Waals surface area contributed by atoms with E-state index in [1.165, 1.54) is 0 Å². The summed E-state index contributed by atoms with van der Waals surface area (Å²) in [4.78, 5) is 11.3. The van der Waals surface area contributed by atoms with Crippen LogP contribution in [0, 0.1) is 6.92 Å². The summed E-state index contributed by atoms with van der Waals surface area (Å²) >= 11 is 0. The summed E-state index contributed by atoms with van der Waals surface area (Å²) in [6.45, 7) is 2.03. The molecular formula is C11H15NO2. The monoisotopic (exact) mass is 193 g/mol. The number of amides is 1. The number of hydrogen-bond acceptors (Lipinski definition) is 2. The molecule has 1 aromatic carbocycles. The van der Waals surface area contributed by atoms with Gasteiger partial charge in [0, 0.05) is 18.7 Å². The topological polar surface area (TPSA) is 49.3 Å². The van der Waals surface area contributed by atoms with Gasteiger partial charge in [0.1, 0.15) is 0 Å². The SMILES string of the molecule is Cc1cccc(NC(=O)CCCO)c1. The van der Waals surface area contributed by atoms with E-state index in [2.05, 4.69) is 5.32 Å². The summed E-state index contributed by atoms with van der Waals surface area (Å²) in [6.07, 6.45) is 0.877. The van der Waals surface area contributed by atoms with E-state index in [0.29, 0.717) is 12.8 Å². The minimum Gasteiger partial charge on any atom is -0.396 e. The average Bonchev–Trinajstić information content (AvgIpc) is 2.15. The normalized spacial score (nSPS) is 9.86. The Bertz CT molecular complexity index is 310. The smallest absolute Gasteiger partial charge is 0.224 e. The highest BCUT2D eigenvalue weighted by Gasteiger charge is 2.00. The number of carbonyl (C=O) groups excluding carboxylic acids is 1. The fourth-order valence-electron chi connectivity index (χ4n) is 1.19. The van der Waals surface area contributed by atoms with Crippen molar-refractivity contribution < 1.29 is 9.90 Å². The maximum atomic E-state index is 11.3. The molecule has 0 aliphatic heterocycles. The van der Waals surface area contributed by atoms with Crippen molar-refractivity contribution in [1.82, 2.24) is 0 Å². The van der Waals surface area contributed by atoms with Crippen molar-refractivity contribution in [3.8, 4) is 0 Å². The fourth-order valence-corrected chi connectivity index (χ4v) is 1.19. The third kappa shape index (κ3) is 3.58. The third-order valence-corrected chi connectivity index (χ3v) is 1.86. The molecule has 3 heteroatoms.